The highest BCUT2D eigenvalue weighted by molar-refractivity contribution is 7.89. The Morgan fingerprint density at radius 2 is 1.61 bits per heavy atom. The van der Waals surface area contributed by atoms with E-state index in [-0.39, 0.29) is 23.6 Å². The molecule has 0 aromatic heterocycles. The molecule has 1 heterocycles. The van der Waals surface area contributed by atoms with Crippen molar-refractivity contribution in [2.24, 2.45) is 0 Å². The van der Waals surface area contributed by atoms with Crippen LogP contribution < -0.4 is 0 Å². The van der Waals surface area contributed by atoms with Gasteiger partial charge >= 0.3 is 0 Å². The lowest BCUT2D eigenvalue weighted by atomic mass is 10.1. The Kier molecular flexibility index (Phi) is 6.83. The van der Waals surface area contributed by atoms with Crippen LogP contribution in [0.25, 0.3) is 0 Å². The molecule has 1 fully saturated rings. The fourth-order valence-corrected chi connectivity index (χ4v) is 5.16. The normalized spacial score (nSPS) is 15.3. The van der Waals surface area contributed by atoms with Gasteiger partial charge in [0.1, 0.15) is 0 Å². The Morgan fingerprint density at radius 3 is 2.29 bits per heavy atom. The second kappa shape index (κ2) is 9.32. The Labute approximate surface area is 166 Å². The van der Waals surface area contributed by atoms with E-state index in [1.54, 1.807) is 18.2 Å². The van der Waals surface area contributed by atoms with E-state index < -0.39 is 15.9 Å². The maximum atomic E-state index is 13.2. The summed E-state index contributed by atoms with van der Waals surface area (Å²) in [6.45, 7) is 1.20. The summed E-state index contributed by atoms with van der Waals surface area (Å²) in [4.78, 5) is 14.7. The van der Waals surface area contributed by atoms with Crippen molar-refractivity contribution in [3.8, 4) is 0 Å². The number of aliphatic hydroxyl groups is 1. The molecule has 1 aliphatic rings. The SMILES string of the molecule is O=C(c1ccccc1S(=O)(=O)N1CCCCC1)N(CCO)Cc1ccccc1. The molecule has 0 saturated carbocycles. The van der Waals surface area contributed by atoms with Gasteiger partial charge in [-0.3, -0.25) is 4.79 Å². The van der Waals surface area contributed by atoms with Crippen LogP contribution in [0.1, 0.15) is 35.2 Å². The van der Waals surface area contributed by atoms with Gasteiger partial charge in [0.15, 0.2) is 0 Å². The van der Waals surface area contributed by atoms with Crippen LogP contribution in [-0.2, 0) is 16.6 Å². The van der Waals surface area contributed by atoms with Gasteiger partial charge in [-0.25, -0.2) is 8.42 Å². The number of sulfonamides is 1. The summed E-state index contributed by atoms with van der Waals surface area (Å²) in [5.74, 6) is -0.394. The fraction of sp³-hybridized carbons (Fsp3) is 0.381. The molecule has 1 saturated heterocycles. The number of nitrogens with zero attached hydrogens (tertiary/aromatic N) is 2. The molecule has 0 atom stereocenters. The van der Waals surface area contributed by atoms with Crippen molar-refractivity contribution in [3.05, 3.63) is 65.7 Å². The van der Waals surface area contributed by atoms with Crippen molar-refractivity contribution in [1.82, 2.24) is 9.21 Å². The highest BCUT2D eigenvalue weighted by Gasteiger charge is 2.31. The second-order valence-corrected chi connectivity index (χ2v) is 8.80. The molecule has 1 N–H and O–H groups in total. The number of amides is 1. The van der Waals surface area contributed by atoms with Crippen molar-refractivity contribution in [3.63, 3.8) is 0 Å². The first kappa shape index (κ1) is 20.5. The van der Waals surface area contributed by atoms with E-state index in [2.05, 4.69) is 0 Å². The number of rotatable bonds is 7. The van der Waals surface area contributed by atoms with Gasteiger partial charge in [0, 0.05) is 26.2 Å². The average Bonchev–Trinajstić information content (AvgIpc) is 2.74. The van der Waals surface area contributed by atoms with Crippen molar-refractivity contribution >= 4 is 15.9 Å². The third kappa shape index (κ3) is 4.60. The van der Waals surface area contributed by atoms with E-state index in [4.69, 9.17) is 0 Å². The Balaban J connectivity index is 1.92. The molecule has 6 nitrogen and oxygen atoms in total. The fourth-order valence-electron chi connectivity index (χ4n) is 3.46. The van der Waals surface area contributed by atoms with Crippen LogP contribution in [0.4, 0.5) is 0 Å². The van der Waals surface area contributed by atoms with Crippen LogP contribution in [0.5, 0.6) is 0 Å². The number of piperidine rings is 1. The minimum absolute atomic E-state index is 0.0397. The van der Waals surface area contributed by atoms with Crippen molar-refractivity contribution in [1.29, 1.82) is 0 Å². The molecule has 28 heavy (non-hydrogen) atoms. The van der Waals surface area contributed by atoms with Crippen LogP contribution in [0.3, 0.4) is 0 Å². The lowest BCUT2D eigenvalue weighted by molar-refractivity contribution is 0.0703. The zero-order chi connectivity index (χ0) is 20.0. The lowest BCUT2D eigenvalue weighted by Gasteiger charge is -2.28. The predicted octanol–water partition coefficient (Wildman–Crippen LogP) is 2.50. The quantitative estimate of drug-likeness (QED) is 0.772. The molecular formula is C21H26N2O4S. The number of hydrogen-bond donors (Lipinski definition) is 1. The van der Waals surface area contributed by atoms with Gasteiger partial charge in [0.25, 0.3) is 5.91 Å². The first-order chi connectivity index (χ1) is 13.5. The smallest absolute Gasteiger partial charge is 0.255 e. The van der Waals surface area contributed by atoms with E-state index in [0.29, 0.717) is 19.6 Å². The average molecular weight is 403 g/mol. The summed E-state index contributed by atoms with van der Waals surface area (Å²) in [5, 5.41) is 9.42. The molecule has 1 amide bonds. The van der Waals surface area contributed by atoms with Crippen LogP contribution in [0.2, 0.25) is 0 Å². The molecular weight excluding hydrogens is 376 g/mol. The van der Waals surface area contributed by atoms with Gasteiger partial charge in [-0.05, 0) is 30.5 Å². The molecule has 0 spiro atoms. The van der Waals surface area contributed by atoms with Gasteiger partial charge in [-0.1, -0.05) is 48.9 Å². The molecule has 3 rings (SSSR count). The van der Waals surface area contributed by atoms with Crippen molar-refractivity contribution in [2.75, 3.05) is 26.2 Å². The van der Waals surface area contributed by atoms with E-state index in [0.717, 1.165) is 24.8 Å². The zero-order valence-corrected chi connectivity index (χ0v) is 16.6. The highest BCUT2D eigenvalue weighted by Crippen LogP contribution is 2.25. The van der Waals surface area contributed by atoms with Gasteiger partial charge < -0.3 is 10.0 Å². The molecule has 0 bridgehead atoms. The van der Waals surface area contributed by atoms with Crippen LogP contribution in [0, 0.1) is 0 Å². The number of carbonyl (C=O) groups excluding carboxylic acids is 1. The van der Waals surface area contributed by atoms with Crippen molar-refractivity contribution in [2.45, 2.75) is 30.7 Å². The van der Waals surface area contributed by atoms with Crippen LogP contribution >= 0.6 is 0 Å². The second-order valence-electron chi connectivity index (χ2n) is 6.90. The standard InChI is InChI=1S/C21H26N2O4S/c24-16-15-22(17-18-9-3-1-4-10-18)21(25)19-11-5-6-12-20(19)28(26,27)23-13-7-2-8-14-23/h1,3-6,9-12,24H,2,7-8,13-17H2. The molecule has 150 valence electrons. The monoisotopic (exact) mass is 402 g/mol. The number of benzene rings is 2. The number of hydrogen-bond acceptors (Lipinski definition) is 4. The van der Waals surface area contributed by atoms with E-state index in [1.807, 2.05) is 30.3 Å². The van der Waals surface area contributed by atoms with E-state index in [9.17, 15) is 18.3 Å². The third-order valence-electron chi connectivity index (χ3n) is 4.92. The van der Waals surface area contributed by atoms with E-state index in [1.165, 1.54) is 15.3 Å². The van der Waals surface area contributed by atoms with Crippen LogP contribution in [0.15, 0.2) is 59.5 Å². The Morgan fingerprint density at radius 1 is 0.964 bits per heavy atom. The van der Waals surface area contributed by atoms with Gasteiger partial charge in [-0.2, -0.15) is 4.31 Å². The summed E-state index contributed by atoms with van der Waals surface area (Å²) in [6, 6.07) is 15.8. The molecule has 2 aromatic carbocycles. The number of carbonyl (C=O) groups is 1. The third-order valence-corrected chi connectivity index (χ3v) is 6.88. The van der Waals surface area contributed by atoms with Gasteiger partial charge in [-0.15, -0.1) is 0 Å². The highest BCUT2D eigenvalue weighted by atomic mass is 32.2. The Hall–Kier alpha value is -2.22. The summed E-state index contributed by atoms with van der Waals surface area (Å²) >= 11 is 0. The summed E-state index contributed by atoms with van der Waals surface area (Å²) in [6.07, 6.45) is 2.69. The Bertz CT molecular complexity index is 894. The largest absolute Gasteiger partial charge is 0.395 e. The first-order valence-corrected chi connectivity index (χ1v) is 11.0. The maximum Gasteiger partial charge on any atom is 0.255 e. The van der Waals surface area contributed by atoms with Crippen LogP contribution in [-0.4, -0.2) is 54.9 Å². The van der Waals surface area contributed by atoms with E-state index >= 15 is 0 Å². The molecule has 1 aliphatic heterocycles. The van der Waals surface area contributed by atoms with Crippen molar-refractivity contribution < 1.29 is 18.3 Å². The molecule has 0 aliphatic carbocycles. The van der Waals surface area contributed by atoms with Gasteiger partial charge in [0.05, 0.1) is 17.1 Å². The summed E-state index contributed by atoms with van der Waals surface area (Å²) in [7, 11) is -3.74. The lowest BCUT2D eigenvalue weighted by Crippen LogP contribution is -2.38. The van der Waals surface area contributed by atoms with Gasteiger partial charge in [0.2, 0.25) is 10.0 Å². The zero-order valence-electron chi connectivity index (χ0n) is 15.8. The predicted molar refractivity (Wildman–Crippen MR) is 107 cm³/mol. The molecule has 7 heteroatoms. The first-order valence-electron chi connectivity index (χ1n) is 9.57. The molecule has 0 radical (unpaired) electrons. The topological polar surface area (TPSA) is 77.9 Å². The molecule has 2 aromatic rings. The maximum absolute atomic E-state index is 13.2. The summed E-state index contributed by atoms with van der Waals surface area (Å²) < 4.78 is 27.8. The minimum atomic E-state index is -3.74. The minimum Gasteiger partial charge on any atom is -0.395 e. The number of aliphatic hydroxyl groups excluding tert-OH is 1. The molecule has 0 unspecified atom stereocenters. The summed E-state index contributed by atoms with van der Waals surface area (Å²) in [5.41, 5.74) is 1.07.